The summed E-state index contributed by atoms with van der Waals surface area (Å²) in [4.78, 5) is 0. The van der Waals surface area contributed by atoms with Crippen LogP contribution in [0.3, 0.4) is 0 Å². The first-order chi connectivity index (χ1) is 7.33. The molecule has 2 heteroatoms. The van der Waals surface area contributed by atoms with Crippen molar-refractivity contribution in [2.75, 3.05) is 0 Å². The van der Waals surface area contributed by atoms with Crippen molar-refractivity contribution < 1.29 is 0 Å². The second kappa shape index (κ2) is 3.93. The Morgan fingerprint density at radius 2 is 1.93 bits per heavy atom. The Labute approximate surface area is 88.7 Å². The summed E-state index contributed by atoms with van der Waals surface area (Å²) in [5, 5.41) is 16.8. The standard InChI is InChI=1S/C13H10N2/c14-9-11-7-4-8-12(13(11)15)10-5-2-1-3-6-10/h1-8,11,15H. The second-order valence-electron chi connectivity index (χ2n) is 3.35. The summed E-state index contributed by atoms with van der Waals surface area (Å²) in [6.45, 7) is 0. The van der Waals surface area contributed by atoms with Gasteiger partial charge in [0.25, 0.3) is 0 Å². The fourth-order valence-electron chi connectivity index (χ4n) is 1.59. The van der Waals surface area contributed by atoms with E-state index in [1.165, 1.54) is 0 Å². The van der Waals surface area contributed by atoms with Crippen LogP contribution in [0.1, 0.15) is 5.56 Å². The lowest BCUT2D eigenvalue weighted by Crippen LogP contribution is -2.13. The third-order valence-corrected chi connectivity index (χ3v) is 2.39. The topological polar surface area (TPSA) is 47.6 Å². The van der Waals surface area contributed by atoms with Crippen molar-refractivity contribution in [2.24, 2.45) is 5.92 Å². The van der Waals surface area contributed by atoms with Crippen LogP contribution in [-0.4, -0.2) is 5.71 Å². The van der Waals surface area contributed by atoms with E-state index in [1.807, 2.05) is 42.5 Å². The zero-order chi connectivity index (χ0) is 10.7. The van der Waals surface area contributed by atoms with Gasteiger partial charge in [0.2, 0.25) is 0 Å². The SMILES string of the molecule is N#CC1C=CC=C(c2ccccc2)C1=N. The van der Waals surface area contributed by atoms with E-state index < -0.39 is 5.92 Å². The Balaban J connectivity index is 2.40. The van der Waals surface area contributed by atoms with Gasteiger partial charge in [0, 0.05) is 5.57 Å². The van der Waals surface area contributed by atoms with Gasteiger partial charge in [-0.15, -0.1) is 0 Å². The third kappa shape index (κ3) is 1.72. The van der Waals surface area contributed by atoms with Gasteiger partial charge in [0.15, 0.2) is 0 Å². The Morgan fingerprint density at radius 3 is 2.60 bits per heavy atom. The smallest absolute Gasteiger partial charge is 0.107 e. The minimum absolute atomic E-state index is 0.381. The van der Waals surface area contributed by atoms with E-state index in [0.717, 1.165) is 11.1 Å². The molecule has 0 saturated heterocycles. The third-order valence-electron chi connectivity index (χ3n) is 2.39. The number of hydrogen-bond donors (Lipinski definition) is 1. The first-order valence-electron chi connectivity index (χ1n) is 4.75. The molecule has 0 aromatic heterocycles. The van der Waals surface area contributed by atoms with Gasteiger partial charge >= 0.3 is 0 Å². The first kappa shape index (κ1) is 9.42. The van der Waals surface area contributed by atoms with Crippen molar-refractivity contribution in [3.63, 3.8) is 0 Å². The average molecular weight is 194 g/mol. The summed E-state index contributed by atoms with van der Waals surface area (Å²) >= 11 is 0. The Hall–Kier alpha value is -2.14. The lowest BCUT2D eigenvalue weighted by atomic mass is 9.89. The van der Waals surface area contributed by atoms with Crippen LogP contribution in [0.2, 0.25) is 0 Å². The van der Waals surface area contributed by atoms with Crippen molar-refractivity contribution >= 4 is 11.3 Å². The normalized spacial score (nSPS) is 19.5. The number of nitrogens with one attached hydrogen (secondary N) is 1. The highest BCUT2D eigenvalue weighted by Crippen LogP contribution is 2.23. The number of rotatable bonds is 1. The average Bonchev–Trinajstić information content (AvgIpc) is 2.30. The molecule has 0 fully saturated rings. The van der Waals surface area contributed by atoms with E-state index in [4.69, 9.17) is 10.7 Å². The van der Waals surface area contributed by atoms with Crippen molar-refractivity contribution in [1.29, 1.82) is 10.7 Å². The van der Waals surface area contributed by atoms with Gasteiger partial charge in [0.05, 0.1) is 11.8 Å². The monoisotopic (exact) mass is 194 g/mol. The molecular weight excluding hydrogens is 184 g/mol. The van der Waals surface area contributed by atoms with Crippen molar-refractivity contribution in [3.05, 3.63) is 54.1 Å². The molecule has 1 aliphatic carbocycles. The van der Waals surface area contributed by atoms with Gasteiger partial charge < -0.3 is 5.41 Å². The molecular formula is C13H10N2. The molecule has 2 rings (SSSR count). The van der Waals surface area contributed by atoms with Crippen molar-refractivity contribution in [1.82, 2.24) is 0 Å². The van der Waals surface area contributed by atoms with Gasteiger partial charge in [0.1, 0.15) is 5.92 Å². The molecule has 0 radical (unpaired) electrons. The predicted molar refractivity (Wildman–Crippen MR) is 60.4 cm³/mol. The summed E-state index contributed by atoms with van der Waals surface area (Å²) in [6, 6.07) is 11.8. The highest BCUT2D eigenvalue weighted by atomic mass is 14.5. The molecule has 1 unspecified atom stereocenters. The largest absolute Gasteiger partial charge is 0.303 e. The molecule has 1 atom stereocenters. The maximum absolute atomic E-state index is 8.86. The van der Waals surface area contributed by atoms with E-state index >= 15 is 0 Å². The first-order valence-corrected chi connectivity index (χ1v) is 4.75. The van der Waals surface area contributed by atoms with E-state index in [0.29, 0.717) is 5.71 Å². The number of allylic oxidation sites excluding steroid dienone is 4. The number of benzene rings is 1. The zero-order valence-corrected chi connectivity index (χ0v) is 8.14. The van der Waals surface area contributed by atoms with Crippen LogP contribution >= 0.6 is 0 Å². The highest BCUT2D eigenvalue weighted by molar-refractivity contribution is 6.25. The molecule has 0 spiro atoms. The van der Waals surface area contributed by atoms with Crippen LogP contribution in [0, 0.1) is 22.7 Å². The van der Waals surface area contributed by atoms with Crippen LogP contribution in [0.4, 0.5) is 0 Å². The van der Waals surface area contributed by atoms with Gasteiger partial charge in [-0.1, -0.05) is 48.6 Å². The minimum atomic E-state index is -0.412. The molecule has 1 N–H and O–H groups in total. The molecule has 0 amide bonds. The minimum Gasteiger partial charge on any atom is -0.303 e. The lowest BCUT2D eigenvalue weighted by Gasteiger charge is -2.14. The van der Waals surface area contributed by atoms with Crippen molar-refractivity contribution in [2.45, 2.75) is 0 Å². The zero-order valence-electron chi connectivity index (χ0n) is 8.14. The van der Waals surface area contributed by atoms with Crippen LogP contribution in [-0.2, 0) is 0 Å². The highest BCUT2D eigenvalue weighted by Gasteiger charge is 2.18. The molecule has 0 heterocycles. The summed E-state index contributed by atoms with van der Waals surface area (Å²) < 4.78 is 0. The van der Waals surface area contributed by atoms with Gasteiger partial charge in [-0.2, -0.15) is 5.26 Å². The van der Waals surface area contributed by atoms with Crippen LogP contribution in [0.5, 0.6) is 0 Å². The van der Waals surface area contributed by atoms with Gasteiger partial charge in [-0.05, 0) is 5.56 Å². The Kier molecular flexibility index (Phi) is 2.47. The summed E-state index contributed by atoms with van der Waals surface area (Å²) in [5.74, 6) is -0.412. The predicted octanol–water partition coefficient (Wildman–Crippen LogP) is 2.80. The number of nitrogens with zero attached hydrogens (tertiary/aromatic N) is 1. The summed E-state index contributed by atoms with van der Waals surface area (Å²) in [7, 11) is 0. The molecule has 0 aliphatic heterocycles. The van der Waals surface area contributed by atoms with E-state index in [-0.39, 0.29) is 0 Å². The number of hydrogen-bond acceptors (Lipinski definition) is 2. The van der Waals surface area contributed by atoms with Crippen LogP contribution < -0.4 is 0 Å². The lowest BCUT2D eigenvalue weighted by molar-refractivity contribution is 1.12. The van der Waals surface area contributed by atoms with E-state index in [9.17, 15) is 0 Å². The fourth-order valence-corrected chi connectivity index (χ4v) is 1.59. The van der Waals surface area contributed by atoms with Crippen LogP contribution in [0.25, 0.3) is 5.57 Å². The Bertz CT molecular complexity index is 475. The molecule has 2 nitrogen and oxygen atoms in total. The quantitative estimate of drug-likeness (QED) is 0.734. The molecule has 0 bridgehead atoms. The van der Waals surface area contributed by atoms with Crippen LogP contribution in [0.15, 0.2) is 48.6 Å². The molecule has 72 valence electrons. The molecule has 15 heavy (non-hydrogen) atoms. The fraction of sp³-hybridized carbons (Fsp3) is 0.0769. The maximum Gasteiger partial charge on any atom is 0.107 e. The molecule has 1 aliphatic rings. The second-order valence-corrected chi connectivity index (χ2v) is 3.35. The molecule has 1 aromatic rings. The van der Waals surface area contributed by atoms with Gasteiger partial charge in [-0.3, -0.25) is 0 Å². The number of nitriles is 1. The van der Waals surface area contributed by atoms with Gasteiger partial charge in [-0.25, -0.2) is 0 Å². The van der Waals surface area contributed by atoms with E-state index in [2.05, 4.69) is 6.07 Å². The summed E-state index contributed by atoms with van der Waals surface area (Å²) in [5.41, 5.74) is 2.21. The maximum atomic E-state index is 8.86. The molecule has 1 aromatic carbocycles. The molecule has 0 saturated carbocycles. The van der Waals surface area contributed by atoms with E-state index in [1.54, 1.807) is 6.08 Å². The Morgan fingerprint density at radius 1 is 1.20 bits per heavy atom. The van der Waals surface area contributed by atoms with Crippen molar-refractivity contribution in [3.8, 4) is 6.07 Å². The summed E-state index contributed by atoms with van der Waals surface area (Å²) in [6.07, 6.45) is 5.47.